The van der Waals surface area contributed by atoms with Crippen LogP contribution in [0.1, 0.15) is 32.6 Å². The first-order chi connectivity index (χ1) is 12.9. The molecule has 2 atom stereocenters. The fourth-order valence-electron chi connectivity index (χ4n) is 3.99. The van der Waals surface area contributed by atoms with Crippen LogP contribution >= 0.6 is 0 Å². The van der Waals surface area contributed by atoms with Crippen LogP contribution in [-0.4, -0.2) is 57.4 Å². The lowest BCUT2D eigenvalue weighted by atomic mass is 9.86. The summed E-state index contributed by atoms with van der Waals surface area (Å²) in [5.74, 6) is 0.121. The number of halogens is 1. The first-order valence-electron chi connectivity index (χ1n) is 9.75. The second kappa shape index (κ2) is 8.67. The maximum atomic E-state index is 13.0. The lowest BCUT2D eigenvalue weighted by molar-refractivity contribution is -0.895. The van der Waals surface area contributed by atoms with E-state index in [1.165, 1.54) is 29.3 Å². The number of nitrogens with one attached hydrogen (secondary N) is 2. The molecule has 1 aliphatic carbocycles. The Hall–Kier alpha value is -1.51. The van der Waals surface area contributed by atoms with Crippen molar-refractivity contribution in [3.8, 4) is 0 Å². The molecule has 1 amide bonds. The fraction of sp³-hybridized carbons (Fsp3) is 0.632. The SMILES string of the molecule is C[C@H]1CCCC[C@H]1NC(=O)C[NH+]1CCN(S(=O)(=O)c2ccc(F)cc2)CC1. The van der Waals surface area contributed by atoms with Gasteiger partial charge in [-0.05, 0) is 43.0 Å². The Bertz CT molecular complexity index is 746. The smallest absolute Gasteiger partial charge is 0.275 e. The lowest BCUT2D eigenvalue weighted by Gasteiger charge is -2.33. The number of carbonyl (C=O) groups is 1. The normalized spacial score (nSPS) is 25.3. The van der Waals surface area contributed by atoms with E-state index < -0.39 is 15.8 Å². The maximum Gasteiger partial charge on any atom is 0.275 e. The average Bonchev–Trinajstić information content (AvgIpc) is 2.64. The summed E-state index contributed by atoms with van der Waals surface area (Å²) >= 11 is 0. The van der Waals surface area contributed by atoms with E-state index in [0.717, 1.165) is 29.9 Å². The minimum atomic E-state index is -3.61. The van der Waals surface area contributed by atoms with E-state index in [0.29, 0.717) is 38.6 Å². The first kappa shape index (κ1) is 20.2. The molecule has 0 bridgehead atoms. The first-order valence-corrected chi connectivity index (χ1v) is 11.2. The molecular weight excluding hydrogens is 369 g/mol. The molecule has 2 N–H and O–H groups in total. The van der Waals surface area contributed by atoms with Crippen LogP contribution in [0.2, 0.25) is 0 Å². The molecule has 2 fully saturated rings. The van der Waals surface area contributed by atoms with Crippen LogP contribution in [0, 0.1) is 11.7 Å². The minimum absolute atomic E-state index is 0.0543. The van der Waals surface area contributed by atoms with E-state index in [2.05, 4.69) is 12.2 Å². The van der Waals surface area contributed by atoms with Crippen molar-refractivity contribution in [2.75, 3.05) is 32.7 Å². The number of quaternary nitrogens is 1. The van der Waals surface area contributed by atoms with Gasteiger partial charge < -0.3 is 10.2 Å². The van der Waals surface area contributed by atoms with Crippen molar-refractivity contribution in [3.63, 3.8) is 0 Å². The third-order valence-electron chi connectivity index (χ3n) is 5.75. The number of amides is 1. The van der Waals surface area contributed by atoms with Crippen LogP contribution in [0.3, 0.4) is 0 Å². The van der Waals surface area contributed by atoms with Gasteiger partial charge in [-0.25, -0.2) is 12.8 Å². The van der Waals surface area contributed by atoms with Gasteiger partial charge in [0.05, 0.1) is 31.1 Å². The Morgan fingerprint density at radius 1 is 1.19 bits per heavy atom. The van der Waals surface area contributed by atoms with Gasteiger partial charge in [-0.2, -0.15) is 4.31 Å². The highest BCUT2D eigenvalue weighted by Crippen LogP contribution is 2.23. The summed E-state index contributed by atoms with van der Waals surface area (Å²) in [6, 6.07) is 5.17. The monoisotopic (exact) mass is 398 g/mol. The minimum Gasteiger partial charge on any atom is -0.348 e. The molecule has 150 valence electrons. The second-order valence-corrected chi connectivity index (χ2v) is 9.66. The highest BCUT2D eigenvalue weighted by molar-refractivity contribution is 7.89. The molecule has 0 unspecified atom stereocenters. The third-order valence-corrected chi connectivity index (χ3v) is 7.66. The quantitative estimate of drug-likeness (QED) is 0.755. The molecule has 1 saturated heterocycles. The van der Waals surface area contributed by atoms with E-state index in [1.807, 2.05) is 0 Å². The molecule has 1 saturated carbocycles. The molecule has 2 aliphatic rings. The largest absolute Gasteiger partial charge is 0.348 e. The highest BCUT2D eigenvalue weighted by atomic mass is 32.2. The number of nitrogens with zero attached hydrogens (tertiary/aromatic N) is 1. The average molecular weight is 399 g/mol. The third kappa shape index (κ3) is 5.06. The van der Waals surface area contributed by atoms with Crippen LogP contribution in [-0.2, 0) is 14.8 Å². The Morgan fingerprint density at radius 2 is 1.81 bits per heavy atom. The molecule has 0 aromatic heterocycles. The van der Waals surface area contributed by atoms with Crippen LogP contribution < -0.4 is 10.2 Å². The Labute approximate surface area is 160 Å². The van der Waals surface area contributed by atoms with Gasteiger partial charge in [0.25, 0.3) is 5.91 Å². The molecule has 3 rings (SSSR count). The fourth-order valence-corrected chi connectivity index (χ4v) is 5.43. The number of benzene rings is 1. The van der Waals surface area contributed by atoms with Gasteiger partial charge in [-0.3, -0.25) is 4.79 Å². The predicted octanol–water partition coefficient (Wildman–Crippen LogP) is 0.410. The van der Waals surface area contributed by atoms with Gasteiger partial charge in [0.2, 0.25) is 10.0 Å². The second-order valence-electron chi connectivity index (χ2n) is 7.72. The summed E-state index contributed by atoms with van der Waals surface area (Å²) < 4.78 is 39.7. The summed E-state index contributed by atoms with van der Waals surface area (Å²) in [7, 11) is -3.61. The van der Waals surface area contributed by atoms with Gasteiger partial charge in [0.1, 0.15) is 5.82 Å². The number of carbonyl (C=O) groups excluding carboxylic acids is 1. The zero-order valence-corrected chi connectivity index (χ0v) is 16.6. The topological polar surface area (TPSA) is 70.9 Å². The van der Waals surface area contributed by atoms with Crippen LogP contribution in [0.4, 0.5) is 4.39 Å². The molecular formula is C19H29FN3O3S+. The van der Waals surface area contributed by atoms with Gasteiger partial charge >= 0.3 is 0 Å². The van der Waals surface area contributed by atoms with Crippen molar-refractivity contribution in [2.24, 2.45) is 5.92 Å². The number of hydrogen-bond acceptors (Lipinski definition) is 3. The van der Waals surface area contributed by atoms with E-state index in [1.54, 1.807) is 0 Å². The number of hydrogen-bond donors (Lipinski definition) is 2. The van der Waals surface area contributed by atoms with Gasteiger partial charge in [-0.1, -0.05) is 19.8 Å². The molecule has 1 aromatic carbocycles. The Balaban J connectivity index is 1.49. The summed E-state index contributed by atoms with van der Waals surface area (Å²) in [6.07, 6.45) is 4.62. The zero-order valence-electron chi connectivity index (χ0n) is 15.8. The van der Waals surface area contributed by atoms with Crippen molar-refractivity contribution in [1.29, 1.82) is 0 Å². The standard InChI is InChI=1S/C19H28FN3O3S/c1-15-4-2-3-5-18(15)21-19(24)14-22-10-12-23(13-11-22)27(25,26)17-8-6-16(20)7-9-17/h6-9,15,18H,2-5,10-14H2,1H3,(H,21,24)/p+1/t15-,18+/m0/s1. The van der Waals surface area contributed by atoms with Crippen molar-refractivity contribution in [3.05, 3.63) is 30.1 Å². The molecule has 1 aromatic rings. The van der Waals surface area contributed by atoms with Gasteiger partial charge in [0, 0.05) is 6.04 Å². The number of rotatable bonds is 5. The maximum absolute atomic E-state index is 13.0. The van der Waals surface area contributed by atoms with Gasteiger partial charge in [-0.15, -0.1) is 0 Å². The van der Waals surface area contributed by atoms with E-state index in [4.69, 9.17) is 0 Å². The molecule has 1 aliphatic heterocycles. The van der Waals surface area contributed by atoms with Crippen molar-refractivity contribution in [1.82, 2.24) is 9.62 Å². The zero-order chi connectivity index (χ0) is 19.4. The molecule has 0 radical (unpaired) electrons. The van der Waals surface area contributed by atoms with E-state index in [9.17, 15) is 17.6 Å². The molecule has 27 heavy (non-hydrogen) atoms. The summed E-state index contributed by atoms with van der Waals surface area (Å²) in [5, 5.41) is 3.16. The molecule has 6 nitrogen and oxygen atoms in total. The van der Waals surface area contributed by atoms with E-state index in [-0.39, 0.29) is 16.8 Å². The summed E-state index contributed by atoms with van der Waals surface area (Å²) in [6.45, 7) is 4.48. The van der Waals surface area contributed by atoms with Crippen molar-refractivity contribution < 1.29 is 22.5 Å². The van der Waals surface area contributed by atoms with Gasteiger partial charge in [0.15, 0.2) is 6.54 Å². The molecule has 1 heterocycles. The van der Waals surface area contributed by atoms with Crippen LogP contribution in [0.15, 0.2) is 29.2 Å². The number of piperazine rings is 1. The molecule has 8 heteroatoms. The lowest BCUT2D eigenvalue weighted by Crippen LogP contribution is -3.15. The van der Waals surface area contributed by atoms with Crippen LogP contribution in [0.25, 0.3) is 0 Å². The van der Waals surface area contributed by atoms with Crippen molar-refractivity contribution in [2.45, 2.75) is 43.5 Å². The highest BCUT2D eigenvalue weighted by Gasteiger charge is 2.32. The van der Waals surface area contributed by atoms with Crippen LogP contribution in [0.5, 0.6) is 0 Å². The Kier molecular flexibility index (Phi) is 6.49. The number of sulfonamides is 1. The molecule has 0 spiro atoms. The predicted molar refractivity (Wildman–Crippen MR) is 100 cm³/mol. The summed E-state index contributed by atoms with van der Waals surface area (Å²) in [5.41, 5.74) is 0. The summed E-state index contributed by atoms with van der Waals surface area (Å²) in [4.78, 5) is 13.6. The van der Waals surface area contributed by atoms with Crippen molar-refractivity contribution >= 4 is 15.9 Å². The Morgan fingerprint density at radius 3 is 2.44 bits per heavy atom. The van der Waals surface area contributed by atoms with E-state index >= 15 is 0 Å².